The lowest BCUT2D eigenvalue weighted by Gasteiger charge is -2.14. The van der Waals surface area contributed by atoms with Gasteiger partial charge in [0.15, 0.2) is 5.16 Å². The van der Waals surface area contributed by atoms with E-state index in [4.69, 9.17) is 16.3 Å². The number of carbonyl (C=O) groups excluding carboxylic acids is 1. The summed E-state index contributed by atoms with van der Waals surface area (Å²) in [5.74, 6) is 0.0500. The quantitative estimate of drug-likeness (QED) is 0.560. The number of rotatable bonds is 8. The van der Waals surface area contributed by atoms with Gasteiger partial charge in [0.25, 0.3) is 5.56 Å². The Balaban J connectivity index is 2.25. The molecule has 0 radical (unpaired) electrons. The number of nitrogens with zero attached hydrogens (tertiary/aromatic N) is 2. The number of carbonyl (C=O) groups is 1. The summed E-state index contributed by atoms with van der Waals surface area (Å²) in [6.45, 7) is 4.86. The lowest BCUT2D eigenvalue weighted by Crippen LogP contribution is -2.36. The highest BCUT2D eigenvalue weighted by atomic mass is 35.5. The maximum Gasteiger partial charge on any atom is 0.262 e. The molecule has 0 saturated carbocycles. The summed E-state index contributed by atoms with van der Waals surface area (Å²) in [4.78, 5) is 29.3. The number of methoxy groups -OCH3 is 1. The van der Waals surface area contributed by atoms with Crippen molar-refractivity contribution < 1.29 is 9.53 Å². The van der Waals surface area contributed by atoms with Crippen LogP contribution in [0.3, 0.4) is 0 Å². The van der Waals surface area contributed by atoms with Crippen LogP contribution in [0, 0.1) is 0 Å². The summed E-state index contributed by atoms with van der Waals surface area (Å²) in [7, 11) is 1.59. The highest BCUT2D eigenvalue weighted by Gasteiger charge is 2.14. The number of hydrogen-bond donors (Lipinski definition) is 1. The number of amides is 1. The number of halogens is 1. The standard InChI is InChI=1S/C17H22ClN3O3S/c1-4-7-21-16(23)13-6-5-12(18)8-14(13)20-17(21)25-10-15(22)19-11(2)9-24-3/h5-6,8,11H,4,7,9-10H2,1-3H3,(H,19,22)/t11-/m1/s1. The SMILES string of the molecule is CCCn1c(SCC(=O)N[C@H](C)COC)nc2cc(Cl)ccc2c1=O. The van der Waals surface area contributed by atoms with E-state index in [1.807, 2.05) is 13.8 Å². The highest BCUT2D eigenvalue weighted by molar-refractivity contribution is 7.99. The van der Waals surface area contributed by atoms with Crippen LogP contribution in [0.15, 0.2) is 28.2 Å². The van der Waals surface area contributed by atoms with Crippen molar-refractivity contribution in [1.82, 2.24) is 14.9 Å². The Morgan fingerprint density at radius 1 is 1.48 bits per heavy atom. The Morgan fingerprint density at radius 2 is 2.24 bits per heavy atom. The van der Waals surface area contributed by atoms with Crippen molar-refractivity contribution in [3.8, 4) is 0 Å². The lowest BCUT2D eigenvalue weighted by atomic mass is 10.2. The van der Waals surface area contributed by atoms with Crippen LogP contribution in [0.2, 0.25) is 5.02 Å². The molecule has 2 aromatic rings. The first kappa shape index (κ1) is 19.8. The zero-order chi connectivity index (χ0) is 18.4. The van der Waals surface area contributed by atoms with Crippen LogP contribution in [0.5, 0.6) is 0 Å². The molecule has 8 heteroatoms. The van der Waals surface area contributed by atoms with Gasteiger partial charge in [-0.15, -0.1) is 0 Å². The fourth-order valence-corrected chi connectivity index (χ4v) is 3.45. The number of hydrogen-bond acceptors (Lipinski definition) is 5. The van der Waals surface area contributed by atoms with Crippen molar-refractivity contribution in [2.45, 2.75) is 38.0 Å². The van der Waals surface area contributed by atoms with Gasteiger partial charge in [-0.1, -0.05) is 30.3 Å². The van der Waals surface area contributed by atoms with E-state index >= 15 is 0 Å². The monoisotopic (exact) mass is 383 g/mol. The fourth-order valence-electron chi connectivity index (χ4n) is 2.44. The summed E-state index contributed by atoms with van der Waals surface area (Å²) in [6, 6.07) is 4.96. The first-order chi connectivity index (χ1) is 12.0. The fraction of sp³-hybridized carbons (Fsp3) is 0.471. The van der Waals surface area contributed by atoms with Crippen molar-refractivity contribution in [2.24, 2.45) is 0 Å². The number of ether oxygens (including phenoxy) is 1. The van der Waals surface area contributed by atoms with Crippen LogP contribution < -0.4 is 10.9 Å². The van der Waals surface area contributed by atoms with Gasteiger partial charge in [0.2, 0.25) is 5.91 Å². The van der Waals surface area contributed by atoms with Crippen molar-refractivity contribution >= 4 is 40.2 Å². The molecule has 0 fully saturated rings. The summed E-state index contributed by atoms with van der Waals surface area (Å²) in [6.07, 6.45) is 0.797. The molecule has 1 atom stereocenters. The molecule has 0 aliphatic rings. The third-order valence-electron chi connectivity index (χ3n) is 3.49. The van der Waals surface area contributed by atoms with Gasteiger partial charge in [0, 0.05) is 24.7 Å². The van der Waals surface area contributed by atoms with Crippen molar-refractivity contribution in [1.29, 1.82) is 0 Å². The van der Waals surface area contributed by atoms with E-state index in [-0.39, 0.29) is 23.3 Å². The molecule has 0 aliphatic carbocycles. The lowest BCUT2D eigenvalue weighted by molar-refractivity contribution is -0.119. The van der Waals surface area contributed by atoms with E-state index in [1.165, 1.54) is 11.8 Å². The Hall–Kier alpha value is -1.57. The molecule has 0 saturated heterocycles. The molecular weight excluding hydrogens is 362 g/mol. The molecule has 0 aliphatic heterocycles. The molecule has 0 spiro atoms. The van der Waals surface area contributed by atoms with E-state index < -0.39 is 0 Å². The van der Waals surface area contributed by atoms with Crippen LogP contribution in [0.25, 0.3) is 10.9 Å². The van der Waals surface area contributed by atoms with Crippen molar-refractivity contribution in [3.63, 3.8) is 0 Å². The van der Waals surface area contributed by atoms with Gasteiger partial charge in [-0.05, 0) is 31.5 Å². The normalized spacial score (nSPS) is 12.3. The van der Waals surface area contributed by atoms with Crippen LogP contribution >= 0.6 is 23.4 Å². The Bertz CT molecular complexity index is 810. The van der Waals surface area contributed by atoms with Crippen molar-refractivity contribution in [3.05, 3.63) is 33.6 Å². The van der Waals surface area contributed by atoms with Crippen LogP contribution in [0.1, 0.15) is 20.3 Å². The van der Waals surface area contributed by atoms with Gasteiger partial charge in [0.05, 0.1) is 23.3 Å². The van der Waals surface area contributed by atoms with Gasteiger partial charge in [-0.3, -0.25) is 14.2 Å². The number of benzene rings is 1. The Kier molecular flexibility index (Phi) is 7.28. The van der Waals surface area contributed by atoms with Crippen LogP contribution in [-0.4, -0.2) is 41.0 Å². The maximum absolute atomic E-state index is 12.7. The van der Waals surface area contributed by atoms with Gasteiger partial charge >= 0.3 is 0 Å². The number of thioether (sulfide) groups is 1. The van der Waals surface area contributed by atoms with E-state index in [0.717, 1.165) is 6.42 Å². The zero-order valence-electron chi connectivity index (χ0n) is 14.5. The molecule has 1 aromatic carbocycles. The molecule has 1 amide bonds. The van der Waals surface area contributed by atoms with Gasteiger partial charge in [-0.25, -0.2) is 4.98 Å². The summed E-state index contributed by atoms with van der Waals surface area (Å²) >= 11 is 7.25. The third-order valence-corrected chi connectivity index (χ3v) is 4.70. The van der Waals surface area contributed by atoms with Crippen LogP contribution in [0.4, 0.5) is 0 Å². The largest absolute Gasteiger partial charge is 0.383 e. The predicted molar refractivity (Wildman–Crippen MR) is 102 cm³/mol. The second kappa shape index (κ2) is 9.22. The van der Waals surface area contributed by atoms with Gasteiger partial charge in [-0.2, -0.15) is 0 Å². The van der Waals surface area contributed by atoms with Gasteiger partial charge in [0.1, 0.15) is 0 Å². The first-order valence-electron chi connectivity index (χ1n) is 8.07. The van der Waals surface area contributed by atoms with E-state index in [0.29, 0.717) is 34.2 Å². The molecule has 6 nitrogen and oxygen atoms in total. The third kappa shape index (κ3) is 5.20. The molecule has 1 N–H and O–H groups in total. The molecular formula is C17H22ClN3O3S. The minimum Gasteiger partial charge on any atom is -0.383 e. The second-order valence-electron chi connectivity index (χ2n) is 5.73. The van der Waals surface area contributed by atoms with Crippen molar-refractivity contribution in [2.75, 3.05) is 19.5 Å². The van der Waals surface area contributed by atoms with E-state index in [2.05, 4.69) is 10.3 Å². The van der Waals surface area contributed by atoms with Crippen LogP contribution in [-0.2, 0) is 16.1 Å². The molecule has 2 rings (SSSR count). The maximum atomic E-state index is 12.7. The predicted octanol–water partition coefficient (Wildman–Crippen LogP) is 2.70. The van der Waals surface area contributed by atoms with Gasteiger partial charge < -0.3 is 10.1 Å². The molecule has 136 valence electrons. The zero-order valence-corrected chi connectivity index (χ0v) is 16.1. The van der Waals surface area contributed by atoms with E-state index in [1.54, 1.807) is 29.9 Å². The minimum absolute atomic E-state index is 0.0701. The second-order valence-corrected chi connectivity index (χ2v) is 7.10. The topological polar surface area (TPSA) is 73.2 Å². The molecule has 1 aromatic heterocycles. The summed E-state index contributed by atoms with van der Waals surface area (Å²) < 4.78 is 6.62. The average molecular weight is 384 g/mol. The smallest absolute Gasteiger partial charge is 0.262 e. The molecule has 0 unspecified atom stereocenters. The molecule has 0 bridgehead atoms. The Labute approximate surface area is 155 Å². The summed E-state index contributed by atoms with van der Waals surface area (Å²) in [5, 5.41) is 4.42. The van der Waals surface area contributed by atoms with E-state index in [9.17, 15) is 9.59 Å². The number of nitrogens with one attached hydrogen (secondary N) is 1. The number of aromatic nitrogens is 2. The molecule has 25 heavy (non-hydrogen) atoms. The molecule has 1 heterocycles. The highest BCUT2D eigenvalue weighted by Crippen LogP contribution is 2.20. The minimum atomic E-state index is -0.127. The average Bonchev–Trinajstić information content (AvgIpc) is 2.56. The number of fused-ring (bicyclic) bond motifs is 1. The summed E-state index contributed by atoms with van der Waals surface area (Å²) in [5.41, 5.74) is 0.430. The first-order valence-corrected chi connectivity index (χ1v) is 9.43. The Morgan fingerprint density at radius 3 is 2.92 bits per heavy atom.